The molecule has 0 radical (unpaired) electrons. The summed E-state index contributed by atoms with van der Waals surface area (Å²) in [5, 5.41) is 78.0. The van der Waals surface area contributed by atoms with Gasteiger partial charge in [-0.1, -0.05) is 12.2 Å². The highest BCUT2D eigenvalue weighted by Gasteiger charge is 2.57. The molecule has 0 saturated carbocycles. The molecule has 1 fully saturated rings. The molecule has 69 heavy (non-hydrogen) atoms. The fourth-order valence-corrected chi connectivity index (χ4v) is 10.4. The Morgan fingerprint density at radius 3 is 2.43 bits per heavy atom. The number of nitrogens with two attached hydrogens (primary N) is 3. The van der Waals surface area contributed by atoms with Crippen molar-refractivity contribution in [1.29, 1.82) is 0 Å². The number of imide groups is 1. The van der Waals surface area contributed by atoms with E-state index >= 15 is 4.79 Å². The molecular weight excluding hydrogens is 897 g/mol. The highest BCUT2D eigenvalue weighted by molar-refractivity contribution is 6.30. The number of ether oxygens (including phenoxy) is 3. The number of phenolic OH excluding ortho intramolecular Hbond substituents is 1. The predicted molar refractivity (Wildman–Crippen MR) is 247 cm³/mol. The van der Waals surface area contributed by atoms with Crippen molar-refractivity contribution in [2.45, 2.75) is 80.4 Å². The number of aliphatic hydroxyl groups excluding tert-OH is 4. The number of hydrogen-bond donors (Lipinski definition) is 12. The second-order valence-electron chi connectivity index (χ2n) is 17.9. The first kappa shape index (κ1) is 48.9. The van der Waals surface area contributed by atoms with E-state index in [4.69, 9.17) is 31.4 Å². The van der Waals surface area contributed by atoms with Crippen LogP contribution in [-0.4, -0.2) is 142 Å². The summed E-state index contributed by atoms with van der Waals surface area (Å²) in [4.78, 5) is 60.2. The third kappa shape index (κ3) is 9.09. The summed E-state index contributed by atoms with van der Waals surface area (Å²) in [6.07, 6.45) is 4.31. The van der Waals surface area contributed by atoms with Gasteiger partial charge < -0.3 is 78.0 Å². The van der Waals surface area contributed by atoms with Gasteiger partial charge in [0.05, 0.1) is 42.9 Å². The second kappa shape index (κ2) is 19.8. The van der Waals surface area contributed by atoms with Gasteiger partial charge >= 0.3 is 0 Å². The van der Waals surface area contributed by atoms with Crippen LogP contribution < -0.4 is 42.6 Å². The number of aliphatic imine (C=N–C) groups is 1. The number of phenols is 1. The van der Waals surface area contributed by atoms with E-state index in [0.717, 1.165) is 22.6 Å². The standard InChI is InChI=1S/C48H58N8O13/c1-52-47(51)55-31-7-6-27(26(4-3-13-57)23-5-8-34(49)54-19-23)28-17-30-40(42(62)38(28)31)43(63)39-29(41(30)61)15-25(67-2)16-32(39)68-46-44(64)45(65)48(66,33(21-58)69-46)18-24(22-11-12-53-35(50)14-22)20-56-36(59)9-10-37(56)60/h5,8-11,14-17,19,24,26-27,31,33-34,44-46,53-54,57-58,62,64-66H,3-4,6-7,12-13,18,20-21,49-50H2,1-2H3,(H3,51,52,55)/t24-,26-,27-,31+,33-,34?,44-,45-,46-,48-/m1/s1. The van der Waals surface area contributed by atoms with Crippen LogP contribution in [0.4, 0.5) is 0 Å². The number of allylic oxidation sites excluding steroid dienone is 3. The van der Waals surface area contributed by atoms with Crippen molar-refractivity contribution < 1.29 is 64.0 Å². The fourth-order valence-electron chi connectivity index (χ4n) is 10.4. The zero-order valence-electron chi connectivity index (χ0n) is 38.0. The Balaban J connectivity index is 1.15. The van der Waals surface area contributed by atoms with E-state index in [2.05, 4.69) is 20.9 Å². The Morgan fingerprint density at radius 1 is 1.04 bits per heavy atom. The molecule has 6 aliphatic rings. The number of ketones is 2. The molecule has 368 valence electrons. The van der Waals surface area contributed by atoms with Crippen molar-refractivity contribution in [2.24, 2.45) is 34.0 Å². The van der Waals surface area contributed by atoms with Crippen molar-refractivity contribution >= 4 is 29.3 Å². The quantitative estimate of drug-likeness (QED) is 0.0502. The summed E-state index contributed by atoms with van der Waals surface area (Å²) < 4.78 is 17.7. The fraction of sp³-hybridized carbons (Fsp3) is 0.438. The minimum Gasteiger partial charge on any atom is -0.507 e. The number of aromatic hydroxyl groups is 1. The van der Waals surface area contributed by atoms with Gasteiger partial charge in [0.15, 0.2) is 11.7 Å². The smallest absolute Gasteiger partial charge is 0.253 e. The number of carbonyl (C=O) groups is 4. The predicted octanol–water partition coefficient (Wildman–Crippen LogP) is -0.844. The van der Waals surface area contributed by atoms with Crippen molar-refractivity contribution in [2.75, 3.05) is 40.5 Å². The first-order chi connectivity index (χ1) is 33.0. The molecule has 0 spiro atoms. The topological polar surface area (TPSA) is 347 Å². The first-order valence-corrected chi connectivity index (χ1v) is 22.7. The number of amides is 2. The number of nitrogens with zero attached hydrogens (tertiary/aromatic N) is 2. The van der Waals surface area contributed by atoms with Gasteiger partial charge in [-0.2, -0.15) is 0 Å². The van der Waals surface area contributed by atoms with Gasteiger partial charge in [-0.3, -0.25) is 29.1 Å². The zero-order valence-corrected chi connectivity index (χ0v) is 38.0. The molecular formula is C48H58N8O13. The molecule has 2 aliphatic carbocycles. The molecule has 2 aromatic rings. The van der Waals surface area contributed by atoms with Crippen molar-refractivity contribution in [1.82, 2.24) is 20.9 Å². The number of rotatable bonds is 15. The van der Waals surface area contributed by atoms with Crippen LogP contribution in [-0.2, 0) is 14.3 Å². The lowest BCUT2D eigenvalue weighted by Gasteiger charge is -2.49. The molecule has 2 amide bonds. The van der Waals surface area contributed by atoms with Gasteiger partial charge in [0.25, 0.3) is 11.8 Å². The third-order valence-corrected chi connectivity index (χ3v) is 13.9. The van der Waals surface area contributed by atoms with Crippen LogP contribution in [0.1, 0.15) is 87.0 Å². The van der Waals surface area contributed by atoms with Gasteiger partial charge in [-0.25, -0.2) is 0 Å². The third-order valence-electron chi connectivity index (χ3n) is 13.9. The van der Waals surface area contributed by atoms with Crippen molar-refractivity contribution in [3.63, 3.8) is 0 Å². The molecule has 8 rings (SSSR count). The monoisotopic (exact) mass is 954 g/mol. The lowest BCUT2D eigenvalue weighted by Crippen LogP contribution is -2.68. The highest BCUT2D eigenvalue weighted by atomic mass is 16.7. The lowest BCUT2D eigenvalue weighted by atomic mass is 9.67. The van der Waals surface area contributed by atoms with Crippen LogP contribution >= 0.6 is 0 Å². The van der Waals surface area contributed by atoms with Crippen LogP contribution in [0.2, 0.25) is 0 Å². The van der Waals surface area contributed by atoms with E-state index in [1.54, 1.807) is 18.2 Å². The molecule has 4 heterocycles. The number of nitrogens with one attached hydrogen (secondary N) is 3. The average Bonchev–Trinajstić information content (AvgIpc) is 3.66. The number of guanidine groups is 1. The molecule has 4 aliphatic heterocycles. The summed E-state index contributed by atoms with van der Waals surface area (Å²) in [7, 11) is 2.81. The Bertz CT molecular complexity index is 2590. The lowest BCUT2D eigenvalue weighted by molar-refractivity contribution is -0.316. The maximum absolute atomic E-state index is 15.0. The number of carbonyl (C=O) groups excluding carboxylic acids is 4. The van der Waals surface area contributed by atoms with Gasteiger partial charge in [0.2, 0.25) is 12.1 Å². The first-order valence-electron chi connectivity index (χ1n) is 22.7. The summed E-state index contributed by atoms with van der Waals surface area (Å²) in [5.41, 5.74) is 17.2. The maximum Gasteiger partial charge on any atom is 0.253 e. The summed E-state index contributed by atoms with van der Waals surface area (Å²) >= 11 is 0. The molecule has 0 bridgehead atoms. The number of aliphatic hydroxyl groups is 5. The van der Waals surface area contributed by atoms with Crippen LogP contribution in [0.25, 0.3) is 0 Å². The van der Waals surface area contributed by atoms with E-state index in [1.807, 2.05) is 18.4 Å². The summed E-state index contributed by atoms with van der Waals surface area (Å²) in [6, 6.07) is 3.55. The molecule has 21 nitrogen and oxygen atoms in total. The van der Waals surface area contributed by atoms with E-state index in [-0.39, 0.29) is 77.1 Å². The molecule has 0 aromatic heterocycles. The summed E-state index contributed by atoms with van der Waals surface area (Å²) in [5.74, 6) is -4.62. The number of methoxy groups -OCH3 is 1. The number of dihydropyridines is 2. The van der Waals surface area contributed by atoms with Gasteiger partial charge in [0.1, 0.15) is 41.2 Å². The molecule has 1 unspecified atom stereocenters. The van der Waals surface area contributed by atoms with Gasteiger partial charge in [-0.15, -0.1) is 0 Å². The highest BCUT2D eigenvalue weighted by Crippen LogP contribution is 2.52. The van der Waals surface area contributed by atoms with Crippen LogP contribution in [0, 0.1) is 11.8 Å². The maximum atomic E-state index is 15.0. The molecule has 10 atom stereocenters. The second-order valence-corrected chi connectivity index (χ2v) is 17.9. The molecule has 21 heteroatoms. The largest absolute Gasteiger partial charge is 0.507 e. The van der Waals surface area contributed by atoms with Crippen molar-refractivity contribution in [3.8, 4) is 17.2 Å². The Kier molecular flexibility index (Phi) is 14.0. The van der Waals surface area contributed by atoms with Crippen LogP contribution in [0.15, 0.2) is 82.8 Å². The zero-order chi connectivity index (χ0) is 49.5. The molecule has 2 aromatic carbocycles. The minimum absolute atomic E-state index is 0.0461. The average molecular weight is 955 g/mol. The Labute approximate surface area is 396 Å². The van der Waals surface area contributed by atoms with Crippen LogP contribution in [0.5, 0.6) is 17.2 Å². The molecule has 1 saturated heterocycles. The van der Waals surface area contributed by atoms with E-state index < -0.39 is 90.5 Å². The minimum atomic E-state index is -2.45. The van der Waals surface area contributed by atoms with Gasteiger partial charge in [-0.05, 0) is 84.9 Å². The van der Waals surface area contributed by atoms with E-state index in [0.29, 0.717) is 42.4 Å². The van der Waals surface area contributed by atoms with Gasteiger partial charge in [0, 0.05) is 73.8 Å². The SMILES string of the molecule is CN=C(N)N[C@H]1CC[C@H]([C@H](CCCO)C2=CNC(N)C=C2)c2cc3c(c(O)c21)C(=O)c1c(O[C@@H]2O[C@H](CO)[C@](O)(C[C@H](CN4C(=O)C=CC4=O)C4=CCNC(N)=C4)[C@H](O)[C@H]2O)cc(OC)cc1C3=O. The molecule has 15 N–H and O–H groups in total. The number of benzene rings is 2. The summed E-state index contributed by atoms with van der Waals surface area (Å²) in [6.45, 7) is -1.01. The Morgan fingerprint density at radius 2 is 1.78 bits per heavy atom. The van der Waals surface area contributed by atoms with E-state index in [1.165, 1.54) is 26.3 Å². The normalized spacial score (nSPS) is 28.3. The number of hydrogen-bond acceptors (Lipinski definition) is 18. The van der Waals surface area contributed by atoms with Crippen LogP contribution in [0.3, 0.4) is 0 Å². The van der Waals surface area contributed by atoms with Crippen molar-refractivity contribution in [3.05, 3.63) is 111 Å². The Hall–Kier alpha value is -6.59. The van der Waals surface area contributed by atoms with E-state index in [9.17, 15) is 45.0 Å². The number of fused-ring (bicyclic) bond motifs is 3.